The van der Waals surface area contributed by atoms with Crippen LogP contribution < -0.4 is 4.74 Å². The van der Waals surface area contributed by atoms with Crippen LogP contribution in [0.4, 0.5) is 0 Å². The van der Waals surface area contributed by atoms with Gasteiger partial charge in [-0.2, -0.15) is 0 Å². The van der Waals surface area contributed by atoms with Gasteiger partial charge >= 0.3 is 0 Å². The third-order valence-corrected chi connectivity index (χ3v) is 6.06. The Kier molecular flexibility index (Phi) is 4.59. The lowest BCUT2D eigenvalue weighted by Gasteiger charge is -2.20. The molecule has 31 heavy (non-hydrogen) atoms. The summed E-state index contributed by atoms with van der Waals surface area (Å²) in [4.78, 5) is 29.4. The number of rotatable bonds is 4. The SMILES string of the molecule is COc1ccc(-c2ccc(O)c3[nH]c4c(c23)CCC(C(=O)c2ccccc2)C4=O)cc1. The molecule has 2 N–H and O–H groups in total. The number of hydrogen-bond donors (Lipinski definition) is 2. The van der Waals surface area contributed by atoms with E-state index in [9.17, 15) is 14.7 Å². The van der Waals surface area contributed by atoms with E-state index in [1.165, 1.54) is 0 Å². The van der Waals surface area contributed by atoms with E-state index in [-0.39, 0.29) is 17.3 Å². The number of methoxy groups -OCH3 is 1. The lowest BCUT2D eigenvalue weighted by molar-refractivity contribution is 0.0788. The van der Waals surface area contributed by atoms with Crippen LogP contribution in [-0.4, -0.2) is 28.8 Å². The predicted molar refractivity (Wildman–Crippen MR) is 119 cm³/mol. The van der Waals surface area contributed by atoms with E-state index in [0.717, 1.165) is 27.8 Å². The van der Waals surface area contributed by atoms with Crippen LogP contribution in [0.2, 0.25) is 0 Å². The second-order valence-corrected chi connectivity index (χ2v) is 7.78. The van der Waals surface area contributed by atoms with Crippen molar-refractivity contribution in [2.24, 2.45) is 5.92 Å². The van der Waals surface area contributed by atoms with E-state index >= 15 is 0 Å². The first-order valence-corrected chi connectivity index (χ1v) is 10.2. The summed E-state index contributed by atoms with van der Waals surface area (Å²) < 4.78 is 5.25. The summed E-state index contributed by atoms with van der Waals surface area (Å²) in [6.07, 6.45) is 1.03. The summed E-state index contributed by atoms with van der Waals surface area (Å²) >= 11 is 0. The summed E-state index contributed by atoms with van der Waals surface area (Å²) in [5.41, 5.74) is 4.24. The third-order valence-electron chi connectivity index (χ3n) is 6.06. The van der Waals surface area contributed by atoms with Gasteiger partial charge in [-0.1, -0.05) is 42.5 Å². The van der Waals surface area contributed by atoms with Crippen molar-refractivity contribution in [1.82, 2.24) is 4.98 Å². The molecular formula is C26H21NO4. The highest BCUT2D eigenvalue weighted by molar-refractivity contribution is 6.19. The molecule has 5 rings (SSSR count). The number of aromatic hydroxyl groups is 1. The second-order valence-electron chi connectivity index (χ2n) is 7.78. The molecule has 0 spiro atoms. The fraction of sp³-hybridized carbons (Fsp3) is 0.154. The molecule has 0 saturated heterocycles. The van der Waals surface area contributed by atoms with Crippen molar-refractivity contribution in [3.63, 3.8) is 0 Å². The van der Waals surface area contributed by atoms with Gasteiger partial charge in [-0.3, -0.25) is 9.59 Å². The number of aryl methyl sites for hydroxylation is 1. The van der Waals surface area contributed by atoms with Gasteiger partial charge in [0.2, 0.25) is 0 Å². The quantitative estimate of drug-likeness (QED) is 0.358. The molecule has 1 atom stereocenters. The predicted octanol–water partition coefficient (Wildman–Crippen LogP) is 5.18. The maximum absolute atomic E-state index is 13.3. The number of Topliss-reactive ketones (excluding diaryl/α,β-unsaturated/α-hetero) is 2. The van der Waals surface area contributed by atoms with E-state index in [2.05, 4.69) is 4.98 Å². The number of hydrogen-bond acceptors (Lipinski definition) is 4. The first kappa shape index (κ1) is 19.1. The fourth-order valence-electron chi connectivity index (χ4n) is 4.48. The Hall–Kier alpha value is -3.86. The van der Waals surface area contributed by atoms with Crippen LogP contribution in [0.3, 0.4) is 0 Å². The molecule has 4 aromatic rings. The van der Waals surface area contributed by atoms with Crippen molar-refractivity contribution in [1.29, 1.82) is 0 Å². The number of aromatic amines is 1. The number of ether oxygens (including phenoxy) is 1. The smallest absolute Gasteiger partial charge is 0.190 e. The minimum Gasteiger partial charge on any atom is -0.506 e. The minimum atomic E-state index is -0.713. The van der Waals surface area contributed by atoms with Crippen molar-refractivity contribution in [3.8, 4) is 22.6 Å². The molecular weight excluding hydrogens is 390 g/mol. The number of aromatic nitrogens is 1. The maximum atomic E-state index is 13.3. The van der Waals surface area contributed by atoms with E-state index in [4.69, 9.17) is 4.74 Å². The second kappa shape index (κ2) is 7.43. The number of H-pyrrole nitrogens is 1. The van der Waals surface area contributed by atoms with Gasteiger partial charge in [0.05, 0.1) is 24.2 Å². The Morgan fingerprint density at radius 3 is 2.48 bits per heavy atom. The largest absolute Gasteiger partial charge is 0.506 e. The van der Waals surface area contributed by atoms with Gasteiger partial charge in [-0.05, 0) is 53.8 Å². The van der Waals surface area contributed by atoms with Crippen LogP contribution in [0, 0.1) is 5.92 Å². The van der Waals surface area contributed by atoms with Gasteiger partial charge in [0.1, 0.15) is 11.5 Å². The average Bonchev–Trinajstić information content (AvgIpc) is 3.21. The molecule has 0 bridgehead atoms. The summed E-state index contributed by atoms with van der Waals surface area (Å²) in [5.74, 6) is -0.247. The monoisotopic (exact) mass is 411 g/mol. The number of carbonyl (C=O) groups is 2. The molecule has 3 aromatic carbocycles. The standard InChI is InChI=1S/C26H21NO4/c1-31-17-9-7-15(8-10-17)18-13-14-21(28)24-22(18)19-11-12-20(26(30)23(19)27-24)25(29)16-5-3-2-4-6-16/h2-10,13-14,20,27-28H,11-12H2,1H3. The summed E-state index contributed by atoms with van der Waals surface area (Å²) in [7, 11) is 1.62. The number of fused-ring (bicyclic) bond motifs is 3. The zero-order valence-corrected chi connectivity index (χ0v) is 17.0. The van der Waals surface area contributed by atoms with Crippen molar-refractivity contribution >= 4 is 22.5 Å². The molecule has 1 unspecified atom stereocenters. The lowest BCUT2D eigenvalue weighted by Crippen LogP contribution is -2.29. The topological polar surface area (TPSA) is 79.4 Å². The Morgan fingerprint density at radius 2 is 1.77 bits per heavy atom. The van der Waals surface area contributed by atoms with Crippen molar-refractivity contribution in [3.05, 3.63) is 83.6 Å². The van der Waals surface area contributed by atoms with Crippen molar-refractivity contribution in [2.75, 3.05) is 7.11 Å². The normalized spacial score (nSPS) is 15.6. The van der Waals surface area contributed by atoms with Gasteiger partial charge in [0, 0.05) is 10.9 Å². The van der Waals surface area contributed by atoms with Crippen LogP contribution in [0.1, 0.15) is 32.8 Å². The number of phenolic OH excluding ortho intramolecular Hbond substituents is 1. The molecule has 5 nitrogen and oxygen atoms in total. The highest BCUT2D eigenvalue weighted by atomic mass is 16.5. The van der Waals surface area contributed by atoms with E-state index < -0.39 is 5.92 Å². The van der Waals surface area contributed by atoms with Crippen LogP contribution in [0.5, 0.6) is 11.5 Å². The minimum absolute atomic E-state index is 0.0837. The molecule has 154 valence electrons. The lowest BCUT2D eigenvalue weighted by atomic mass is 9.80. The van der Waals surface area contributed by atoms with Gasteiger partial charge in [0.15, 0.2) is 11.6 Å². The summed E-state index contributed by atoms with van der Waals surface area (Å²) in [6.45, 7) is 0. The number of nitrogens with one attached hydrogen (secondary N) is 1. The molecule has 1 aliphatic carbocycles. The zero-order chi connectivity index (χ0) is 21.5. The van der Waals surface area contributed by atoms with Crippen LogP contribution >= 0.6 is 0 Å². The molecule has 0 amide bonds. The molecule has 0 fully saturated rings. The fourth-order valence-corrected chi connectivity index (χ4v) is 4.48. The maximum Gasteiger partial charge on any atom is 0.190 e. The molecule has 0 saturated carbocycles. The van der Waals surface area contributed by atoms with Crippen LogP contribution in [0.15, 0.2) is 66.7 Å². The Balaban J connectivity index is 1.61. The molecule has 5 heteroatoms. The number of ketones is 2. The Labute approximate surface area is 179 Å². The molecule has 0 aliphatic heterocycles. The van der Waals surface area contributed by atoms with Crippen LogP contribution in [0.25, 0.3) is 22.0 Å². The Morgan fingerprint density at radius 1 is 1.03 bits per heavy atom. The van der Waals surface area contributed by atoms with Crippen molar-refractivity contribution in [2.45, 2.75) is 12.8 Å². The first-order valence-electron chi connectivity index (χ1n) is 10.2. The molecule has 0 radical (unpaired) electrons. The molecule has 1 aliphatic rings. The average molecular weight is 411 g/mol. The first-order chi connectivity index (χ1) is 15.1. The zero-order valence-electron chi connectivity index (χ0n) is 17.0. The highest BCUT2D eigenvalue weighted by Gasteiger charge is 2.36. The van der Waals surface area contributed by atoms with Gasteiger partial charge < -0.3 is 14.8 Å². The highest BCUT2D eigenvalue weighted by Crippen LogP contribution is 2.41. The van der Waals surface area contributed by atoms with Crippen molar-refractivity contribution < 1.29 is 19.4 Å². The Bertz CT molecular complexity index is 1300. The summed E-state index contributed by atoms with van der Waals surface area (Å²) in [6, 6.07) is 20.1. The third kappa shape index (κ3) is 3.10. The molecule has 1 heterocycles. The van der Waals surface area contributed by atoms with Crippen LogP contribution in [-0.2, 0) is 6.42 Å². The molecule has 1 aromatic heterocycles. The van der Waals surface area contributed by atoms with E-state index in [1.807, 2.05) is 36.4 Å². The van der Waals surface area contributed by atoms with Gasteiger partial charge in [0.25, 0.3) is 0 Å². The number of benzene rings is 3. The van der Waals surface area contributed by atoms with E-state index in [1.54, 1.807) is 37.4 Å². The van der Waals surface area contributed by atoms with Gasteiger partial charge in [-0.15, -0.1) is 0 Å². The summed E-state index contributed by atoms with van der Waals surface area (Å²) in [5, 5.41) is 11.3. The number of phenols is 1. The van der Waals surface area contributed by atoms with E-state index in [0.29, 0.717) is 29.6 Å². The van der Waals surface area contributed by atoms with Gasteiger partial charge in [-0.25, -0.2) is 0 Å². The number of carbonyl (C=O) groups excluding carboxylic acids is 2.